The summed E-state index contributed by atoms with van der Waals surface area (Å²) in [5, 5.41) is 10.1. The molecule has 0 radical (unpaired) electrons. The van der Waals surface area contributed by atoms with Crippen LogP contribution in [0, 0.1) is 0 Å². The summed E-state index contributed by atoms with van der Waals surface area (Å²) in [6.45, 7) is 0.206. The molecule has 0 aliphatic heterocycles. The number of hydrogen-bond donors (Lipinski definition) is 1. The average Bonchev–Trinajstić information content (AvgIpc) is 2.19. The van der Waals surface area contributed by atoms with Gasteiger partial charge in [0, 0.05) is 5.41 Å². The van der Waals surface area contributed by atoms with Crippen molar-refractivity contribution >= 4 is 11.6 Å². The summed E-state index contributed by atoms with van der Waals surface area (Å²) >= 11 is 5.96. The molecule has 1 fully saturated rings. The maximum absolute atomic E-state index is 9.45. The number of aliphatic hydroxyl groups excluding tert-OH is 1. The zero-order chi connectivity index (χ0) is 10.9. The Morgan fingerprint density at radius 2 is 2.20 bits per heavy atom. The van der Waals surface area contributed by atoms with Gasteiger partial charge in [-0.15, -0.1) is 0 Å². The van der Waals surface area contributed by atoms with Gasteiger partial charge in [-0.1, -0.05) is 24.1 Å². The van der Waals surface area contributed by atoms with E-state index in [1.54, 1.807) is 7.11 Å². The molecule has 0 amide bonds. The van der Waals surface area contributed by atoms with Crippen LogP contribution in [0.15, 0.2) is 18.2 Å². The summed E-state index contributed by atoms with van der Waals surface area (Å²) in [4.78, 5) is 0. The van der Waals surface area contributed by atoms with Gasteiger partial charge < -0.3 is 9.84 Å². The Labute approximate surface area is 94.8 Å². The first-order valence-electron chi connectivity index (χ1n) is 5.17. The van der Waals surface area contributed by atoms with Gasteiger partial charge in [-0.2, -0.15) is 0 Å². The van der Waals surface area contributed by atoms with Crippen molar-refractivity contribution in [2.24, 2.45) is 0 Å². The molecular weight excluding hydrogens is 212 g/mol. The van der Waals surface area contributed by atoms with Crippen LogP contribution in [0.1, 0.15) is 24.8 Å². The summed E-state index contributed by atoms with van der Waals surface area (Å²) in [6.07, 6.45) is 3.29. The number of aliphatic hydroxyl groups is 1. The third kappa shape index (κ3) is 1.72. The van der Waals surface area contributed by atoms with Gasteiger partial charge in [-0.25, -0.2) is 0 Å². The van der Waals surface area contributed by atoms with Crippen LogP contribution >= 0.6 is 11.6 Å². The van der Waals surface area contributed by atoms with Crippen LogP contribution in [0.5, 0.6) is 5.75 Å². The minimum atomic E-state index is -0.0438. The van der Waals surface area contributed by atoms with Gasteiger partial charge in [-0.05, 0) is 30.5 Å². The molecular formula is C12H15ClO2. The second-order valence-corrected chi connectivity index (χ2v) is 4.55. The first-order valence-corrected chi connectivity index (χ1v) is 5.54. The highest BCUT2D eigenvalue weighted by molar-refractivity contribution is 6.32. The van der Waals surface area contributed by atoms with Crippen molar-refractivity contribution < 1.29 is 9.84 Å². The second-order valence-electron chi connectivity index (χ2n) is 4.14. The summed E-state index contributed by atoms with van der Waals surface area (Å²) < 4.78 is 5.18. The molecule has 1 aromatic rings. The van der Waals surface area contributed by atoms with E-state index in [2.05, 4.69) is 0 Å². The van der Waals surface area contributed by atoms with Crippen LogP contribution in [-0.2, 0) is 5.41 Å². The predicted octanol–water partition coefficient (Wildman–Crippen LogP) is 2.76. The Hall–Kier alpha value is -0.730. The lowest BCUT2D eigenvalue weighted by atomic mass is 9.65. The van der Waals surface area contributed by atoms with E-state index in [1.807, 2.05) is 18.2 Å². The van der Waals surface area contributed by atoms with E-state index < -0.39 is 0 Å². The zero-order valence-corrected chi connectivity index (χ0v) is 9.55. The number of rotatable bonds is 3. The molecule has 0 bridgehead atoms. The fraction of sp³-hybridized carbons (Fsp3) is 0.500. The van der Waals surface area contributed by atoms with Crippen LogP contribution in [0.3, 0.4) is 0 Å². The molecule has 2 nitrogen and oxygen atoms in total. The smallest absolute Gasteiger partial charge is 0.137 e. The van der Waals surface area contributed by atoms with E-state index in [9.17, 15) is 5.11 Å². The molecule has 1 saturated carbocycles. The molecule has 1 aliphatic rings. The van der Waals surface area contributed by atoms with E-state index >= 15 is 0 Å². The van der Waals surface area contributed by atoms with Crippen molar-refractivity contribution in [3.8, 4) is 5.75 Å². The minimum Gasteiger partial charge on any atom is -0.495 e. The molecule has 3 heteroatoms. The van der Waals surface area contributed by atoms with Crippen LogP contribution in [0.25, 0.3) is 0 Å². The van der Waals surface area contributed by atoms with Gasteiger partial charge in [0.25, 0.3) is 0 Å². The predicted molar refractivity (Wildman–Crippen MR) is 60.6 cm³/mol. The van der Waals surface area contributed by atoms with E-state index in [1.165, 1.54) is 6.42 Å². The summed E-state index contributed by atoms with van der Waals surface area (Å²) in [5.41, 5.74) is 1.09. The lowest BCUT2D eigenvalue weighted by molar-refractivity contribution is 0.120. The van der Waals surface area contributed by atoms with Crippen molar-refractivity contribution in [2.75, 3.05) is 13.7 Å². The monoisotopic (exact) mass is 226 g/mol. The van der Waals surface area contributed by atoms with Crippen molar-refractivity contribution in [1.29, 1.82) is 0 Å². The Morgan fingerprint density at radius 1 is 1.47 bits per heavy atom. The molecule has 0 heterocycles. The summed E-state index contributed by atoms with van der Waals surface area (Å²) in [5.74, 6) is 0.689. The molecule has 0 aromatic heterocycles. The fourth-order valence-electron chi connectivity index (χ4n) is 2.13. The van der Waals surface area contributed by atoms with Gasteiger partial charge >= 0.3 is 0 Å². The molecule has 1 N–H and O–H groups in total. The third-order valence-corrected chi connectivity index (χ3v) is 3.69. The molecule has 82 valence electrons. The molecule has 0 spiro atoms. The first kappa shape index (κ1) is 10.8. The SMILES string of the molecule is COc1cc(C2(CO)CCC2)ccc1Cl. The highest BCUT2D eigenvalue weighted by Crippen LogP contribution is 2.44. The Morgan fingerprint density at radius 3 is 2.67 bits per heavy atom. The largest absolute Gasteiger partial charge is 0.495 e. The lowest BCUT2D eigenvalue weighted by Crippen LogP contribution is -2.37. The standard InChI is InChI=1S/C12H15ClO2/c1-15-11-7-9(3-4-10(11)13)12(8-14)5-2-6-12/h3-4,7,14H,2,5-6,8H2,1H3. The van der Waals surface area contributed by atoms with E-state index in [0.29, 0.717) is 10.8 Å². The van der Waals surface area contributed by atoms with Crippen molar-refractivity contribution in [3.05, 3.63) is 28.8 Å². The van der Waals surface area contributed by atoms with Crippen LogP contribution in [0.4, 0.5) is 0 Å². The highest BCUT2D eigenvalue weighted by atomic mass is 35.5. The fourth-order valence-corrected chi connectivity index (χ4v) is 2.33. The third-order valence-electron chi connectivity index (χ3n) is 3.38. The number of benzene rings is 1. The van der Waals surface area contributed by atoms with Crippen molar-refractivity contribution in [3.63, 3.8) is 0 Å². The molecule has 0 unspecified atom stereocenters. The Bertz CT molecular complexity index is 353. The lowest BCUT2D eigenvalue weighted by Gasteiger charge is -2.41. The number of hydrogen-bond acceptors (Lipinski definition) is 2. The topological polar surface area (TPSA) is 29.5 Å². The minimum absolute atomic E-state index is 0.0438. The van der Waals surface area contributed by atoms with E-state index in [-0.39, 0.29) is 12.0 Å². The summed E-state index contributed by atoms with van der Waals surface area (Å²) in [7, 11) is 1.61. The number of halogens is 1. The Balaban J connectivity index is 2.36. The number of ether oxygens (including phenoxy) is 1. The molecule has 2 rings (SSSR count). The summed E-state index contributed by atoms with van der Waals surface area (Å²) in [6, 6.07) is 5.77. The molecule has 15 heavy (non-hydrogen) atoms. The van der Waals surface area contributed by atoms with Gasteiger partial charge in [0.2, 0.25) is 0 Å². The van der Waals surface area contributed by atoms with Crippen LogP contribution in [-0.4, -0.2) is 18.8 Å². The molecule has 0 saturated heterocycles. The molecule has 0 atom stereocenters. The van der Waals surface area contributed by atoms with E-state index in [0.717, 1.165) is 18.4 Å². The van der Waals surface area contributed by atoms with Crippen molar-refractivity contribution in [1.82, 2.24) is 0 Å². The normalized spacial score (nSPS) is 18.3. The van der Waals surface area contributed by atoms with E-state index in [4.69, 9.17) is 16.3 Å². The van der Waals surface area contributed by atoms with Crippen LogP contribution in [0.2, 0.25) is 5.02 Å². The van der Waals surface area contributed by atoms with Gasteiger partial charge in [-0.3, -0.25) is 0 Å². The number of methoxy groups -OCH3 is 1. The maximum Gasteiger partial charge on any atom is 0.137 e. The molecule has 1 aliphatic carbocycles. The average molecular weight is 227 g/mol. The Kier molecular flexibility index (Phi) is 2.89. The quantitative estimate of drug-likeness (QED) is 0.859. The second kappa shape index (κ2) is 4.03. The van der Waals surface area contributed by atoms with Crippen LogP contribution < -0.4 is 4.74 Å². The van der Waals surface area contributed by atoms with Gasteiger partial charge in [0.1, 0.15) is 5.75 Å². The van der Waals surface area contributed by atoms with Gasteiger partial charge in [0.05, 0.1) is 18.7 Å². The zero-order valence-electron chi connectivity index (χ0n) is 8.79. The highest BCUT2D eigenvalue weighted by Gasteiger charge is 2.38. The van der Waals surface area contributed by atoms with Crippen molar-refractivity contribution in [2.45, 2.75) is 24.7 Å². The maximum atomic E-state index is 9.45. The van der Waals surface area contributed by atoms with Gasteiger partial charge in [0.15, 0.2) is 0 Å². The molecule has 1 aromatic carbocycles. The first-order chi connectivity index (χ1) is 7.22.